The predicted octanol–water partition coefficient (Wildman–Crippen LogP) is 4.02. The minimum atomic E-state index is -0.515. The zero-order valence-corrected chi connectivity index (χ0v) is 13.0. The molecule has 1 amide bonds. The molecule has 1 aromatic carbocycles. The van der Waals surface area contributed by atoms with E-state index in [0.717, 1.165) is 0 Å². The van der Waals surface area contributed by atoms with Crippen molar-refractivity contribution in [1.29, 1.82) is 0 Å². The lowest BCUT2D eigenvalue weighted by molar-refractivity contribution is -0.138. The molecule has 106 valence electrons. The summed E-state index contributed by atoms with van der Waals surface area (Å²) < 4.78 is 5.71. The fraction of sp³-hybridized carbons (Fsp3) is 0.500. The molecule has 0 aliphatic heterocycles. The Labute approximate surface area is 124 Å². The number of benzene rings is 1. The van der Waals surface area contributed by atoms with Crippen LogP contribution in [0.5, 0.6) is 5.75 Å². The third-order valence-electron chi connectivity index (χ3n) is 2.88. The number of hydrogen-bond acceptors (Lipinski definition) is 2. The second-order valence-corrected chi connectivity index (χ2v) is 4.94. The van der Waals surface area contributed by atoms with E-state index in [0.29, 0.717) is 35.3 Å². The maximum atomic E-state index is 12.3. The molecule has 1 rings (SSSR count). The molecule has 0 aliphatic rings. The molecule has 0 aromatic heterocycles. The van der Waals surface area contributed by atoms with Crippen LogP contribution in [0, 0.1) is 0 Å². The standard InChI is InChI=1S/C14H19Cl2NO2/c1-4-12(14(18)17(5-2)6-3)19-13-8-7-10(15)9-11(13)16/h7-9,12H,4-6H2,1-3H3. The van der Waals surface area contributed by atoms with Gasteiger partial charge in [0.25, 0.3) is 5.91 Å². The van der Waals surface area contributed by atoms with Crippen molar-refractivity contribution < 1.29 is 9.53 Å². The first-order valence-electron chi connectivity index (χ1n) is 6.43. The zero-order chi connectivity index (χ0) is 14.4. The molecule has 1 atom stereocenters. The van der Waals surface area contributed by atoms with E-state index in [2.05, 4.69) is 0 Å². The quantitative estimate of drug-likeness (QED) is 0.794. The molecular formula is C14H19Cl2NO2. The lowest BCUT2D eigenvalue weighted by Crippen LogP contribution is -2.41. The summed E-state index contributed by atoms with van der Waals surface area (Å²) in [7, 11) is 0. The summed E-state index contributed by atoms with van der Waals surface area (Å²) in [5.41, 5.74) is 0. The Bertz CT molecular complexity index is 433. The van der Waals surface area contributed by atoms with Gasteiger partial charge in [0.15, 0.2) is 6.10 Å². The summed E-state index contributed by atoms with van der Waals surface area (Å²) in [6, 6.07) is 4.98. The fourth-order valence-electron chi connectivity index (χ4n) is 1.77. The minimum Gasteiger partial charge on any atom is -0.479 e. The van der Waals surface area contributed by atoms with Gasteiger partial charge < -0.3 is 9.64 Å². The number of nitrogens with zero attached hydrogens (tertiary/aromatic N) is 1. The van der Waals surface area contributed by atoms with E-state index in [1.54, 1.807) is 23.1 Å². The molecule has 5 heteroatoms. The molecule has 0 saturated heterocycles. The molecule has 1 aromatic rings. The molecule has 3 nitrogen and oxygen atoms in total. The molecule has 0 N–H and O–H groups in total. The van der Waals surface area contributed by atoms with Crippen molar-refractivity contribution in [2.45, 2.75) is 33.3 Å². The van der Waals surface area contributed by atoms with Gasteiger partial charge in [0.05, 0.1) is 5.02 Å². The number of carbonyl (C=O) groups is 1. The highest BCUT2D eigenvalue weighted by Crippen LogP contribution is 2.28. The second-order valence-electron chi connectivity index (χ2n) is 4.10. The molecule has 0 bridgehead atoms. The van der Waals surface area contributed by atoms with Gasteiger partial charge in [0.2, 0.25) is 0 Å². The van der Waals surface area contributed by atoms with Crippen LogP contribution in [0.3, 0.4) is 0 Å². The first-order chi connectivity index (χ1) is 9.03. The number of carbonyl (C=O) groups excluding carboxylic acids is 1. The minimum absolute atomic E-state index is 0.0153. The van der Waals surface area contributed by atoms with Crippen molar-refractivity contribution in [2.24, 2.45) is 0 Å². The van der Waals surface area contributed by atoms with Crippen LogP contribution in [0.1, 0.15) is 27.2 Å². The molecule has 0 heterocycles. The van der Waals surface area contributed by atoms with Gasteiger partial charge in [-0.2, -0.15) is 0 Å². The molecule has 0 saturated carbocycles. The number of halogens is 2. The molecule has 0 fully saturated rings. The Kier molecular flexibility index (Phi) is 6.46. The van der Waals surface area contributed by atoms with Gasteiger partial charge in [-0.25, -0.2) is 0 Å². The average Bonchev–Trinajstić information content (AvgIpc) is 2.39. The third-order valence-corrected chi connectivity index (χ3v) is 3.41. The maximum absolute atomic E-state index is 12.3. The first-order valence-corrected chi connectivity index (χ1v) is 7.19. The molecule has 1 unspecified atom stereocenters. The summed E-state index contributed by atoms with van der Waals surface area (Å²) in [5.74, 6) is 0.469. The van der Waals surface area contributed by atoms with E-state index in [4.69, 9.17) is 27.9 Å². The molecule has 19 heavy (non-hydrogen) atoms. The summed E-state index contributed by atoms with van der Waals surface area (Å²) in [4.78, 5) is 14.0. The number of likely N-dealkylation sites (N-methyl/N-ethyl adjacent to an activating group) is 1. The Morgan fingerprint density at radius 3 is 2.37 bits per heavy atom. The molecule has 0 aliphatic carbocycles. The van der Waals surface area contributed by atoms with Crippen LogP contribution in [0.25, 0.3) is 0 Å². The molecule has 0 spiro atoms. The number of amides is 1. The lowest BCUT2D eigenvalue weighted by Gasteiger charge is -2.25. The second kappa shape index (κ2) is 7.61. The van der Waals surface area contributed by atoms with Gasteiger partial charge in [0, 0.05) is 18.1 Å². The monoisotopic (exact) mass is 303 g/mol. The average molecular weight is 304 g/mol. The van der Waals surface area contributed by atoms with E-state index in [1.165, 1.54) is 0 Å². The Morgan fingerprint density at radius 2 is 1.89 bits per heavy atom. The van der Waals surface area contributed by atoms with E-state index in [9.17, 15) is 4.79 Å². The highest BCUT2D eigenvalue weighted by Gasteiger charge is 2.23. The normalized spacial score (nSPS) is 12.1. The Balaban J connectivity index is 2.84. The maximum Gasteiger partial charge on any atom is 0.263 e. The van der Waals surface area contributed by atoms with Gasteiger partial charge in [0.1, 0.15) is 5.75 Å². The van der Waals surface area contributed by atoms with Crippen molar-refractivity contribution in [3.8, 4) is 5.75 Å². The van der Waals surface area contributed by atoms with Crippen LogP contribution in [-0.2, 0) is 4.79 Å². The van der Waals surface area contributed by atoms with Crippen LogP contribution in [0.15, 0.2) is 18.2 Å². The van der Waals surface area contributed by atoms with Gasteiger partial charge in [-0.1, -0.05) is 30.1 Å². The summed E-state index contributed by atoms with van der Waals surface area (Å²) in [5, 5.41) is 0.957. The smallest absolute Gasteiger partial charge is 0.263 e. The van der Waals surface area contributed by atoms with Crippen LogP contribution in [-0.4, -0.2) is 30.0 Å². The number of ether oxygens (including phenoxy) is 1. The highest BCUT2D eigenvalue weighted by molar-refractivity contribution is 6.35. The van der Waals surface area contributed by atoms with Crippen LogP contribution < -0.4 is 4.74 Å². The number of hydrogen-bond donors (Lipinski definition) is 0. The largest absolute Gasteiger partial charge is 0.479 e. The van der Waals surface area contributed by atoms with Crippen molar-refractivity contribution >= 4 is 29.1 Å². The SMILES string of the molecule is CCC(Oc1ccc(Cl)cc1Cl)C(=O)N(CC)CC. The van der Waals surface area contributed by atoms with E-state index < -0.39 is 6.10 Å². The van der Waals surface area contributed by atoms with Gasteiger partial charge in [-0.3, -0.25) is 4.79 Å². The first kappa shape index (κ1) is 16.1. The number of rotatable bonds is 6. The van der Waals surface area contributed by atoms with Gasteiger partial charge in [-0.15, -0.1) is 0 Å². The van der Waals surface area contributed by atoms with E-state index >= 15 is 0 Å². The van der Waals surface area contributed by atoms with Crippen LogP contribution in [0.2, 0.25) is 10.0 Å². The topological polar surface area (TPSA) is 29.5 Å². The van der Waals surface area contributed by atoms with Gasteiger partial charge in [-0.05, 0) is 38.5 Å². The van der Waals surface area contributed by atoms with Crippen LogP contribution >= 0.6 is 23.2 Å². The highest BCUT2D eigenvalue weighted by atomic mass is 35.5. The summed E-state index contributed by atoms with van der Waals surface area (Å²) >= 11 is 11.9. The fourth-order valence-corrected chi connectivity index (χ4v) is 2.22. The molecular weight excluding hydrogens is 285 g/mol. The third kappa shape index (κ3) is 4.29. The van der Waals surface area contributed by atoms with E-state index in [-0.39, 0.29) is 5.91 Å². The lowest BCUT2D eigenvalue weighted by atomic mass is 10.2. The predicted molar refractivity (Wildman–Crippen MR) is 79.1 cm³/mol. The zero-order valence-electron chi connectivity index (χ0n) is 11.5. The van der Waals surface area contributed by atoms with Gasteiger partial charge >= 0.3 is 0 Å². The summed E-state index contributed by atoms with van der Waals surface area (Å²) in [6.07, 6.45) is 0.0763. The van der Waals surface area contributed by atoms with Crippen molar-refractivity contribution in [2.75, 3.05) is 13.1 Å². The van der Waals surface area contributed by atoms with Crippen LogP contribution in [0.4, 0.5) is 0 Å². The van der Waals surface area contributed by atoms with E-state index in [1.807, 2.05) is 20.8 Å². The Hall–Kier alpha value is -0.930. The van der Waals surface area contributed by atoms with Crippen molar-refractivity contribution in [3.63, 3.8) is 0 Å². The summed E-state index contributed by atoms with van der Waals surface area (Å²) in [6.45, 7) is 7.15. The molecule has 0 radical (unpaired) electrons. The van der Waals surface area contributed by atoms with Crippen molar-refractivity contribution in [1.82, 2.24) is 4.90 Å². The Morgan fingerprint density at radius 1 is 1.26 bits per heavy atom. The van der Waals surface area contributed by atoms with Crippen molar-refractivity contribution in [3.05, 3.63) is 28.2 Å².